The molecular formula is C12H28ClMg2O+. The quantitative estimate of drug-likeness (QED) is 0.442. The molecule has 0 aromatic heterocycles. The Morgan fingerprint density at radius 1 is 0.812 bits per heavy atom. The first kappa shape index (κ1) is 36.1. The summed E-state index contributed by atoms with van der Waals surface area (Å²) in [5.74, 6) is 0. The normalized spacial score (nSPS) is 6.38. The van der Waals surface area contributed by atoms with Crippen molar-refractivity contribution in [1.29, 1.82) is 0 Å². The summed E-state index contributed by atoms with van der Waals surface area (Å²) in [4.78, 5) is 0. The second-order valence-corrected chi connectivity index (χ2v) is 2.73. The van der Waals surface area contributed by atoms with Gasteiger partial charge in [-0.15, -0.1) is 0 Å². The molecule has 0 saturated heterocycles. The van der Waals surface area contributed by atoms with Crippen LogP contribution in [0, 0.1) is 13.8 Å². The largest absolute Gasteiger partial charge is 2.00 e. The molecule has 0 unspecified atom stereocenters. The molecule has 0 saturated carbocycles. The van der Waals surface area contributed by atoms with E-state index in [-0.39, 0.29) is 65.1 Å². The molecular weight excluding hydrogens is 244 g/mol. The third-order valence-electron chi connectivity index (χ3n) is 1.21. The zero-order valence-corrected chi connectivity index (χ0v) is 15.2. The summed E-state index contributed by atoms with van der Waals surface area (Å²) in [7, 11) is 0. The molecule has 0 atom stereocenters. The van der Waals surface area contributed by atoms with Crippen molar-refractivity contribution in [1.82, 2.24) is 0 Å². The maximum atomic E-state index is 7.57. The smallest absolute Gasteiger partial charge is 1.00 e. The third-order valence-corrected chi connectivity index (χ3v) is 1.21. The number of halogens is 1. The maximum Gasteiger partial charge on any atom is 2.00 e. The topological polar surface area (TPSA) is 20.2 Å². The predicted molar refractivity (Wildman–Crippen MR) is 74.0 cm³/mol. The Morgan fingerprint density at radius 2 is 1.12 bits per heavy atom. The van der Waals surface area contributed by atoms with Gasteiger partial charge in [0.25, 0.3) is 0 Å². The van der Waals surface area contributed by atoms with Crippen LogP contribution in [0.2, 0.25) is 0 Å². The second kappa shape index (κ2) is 54.2. The van der Waals surface area contributed by atoms with Crippen LogP contribution in [0.3, 0.4) is 0 Å². The summed E-state index contributed by atoms with van der Waals surface area (Å²) in [6, 6.07) is 0. The van der Waals surface area contributed by atoms with E-state index in [1.165, 1.54) is 25.7 Å². The van der Waals surface area contributed by atoms with Gasteiger partial charge in [0.2, 0.25) is 0 Å². The van der Waals surface area contributed by atoms with Crippen molar-refractivity contribution < 1.29 is 17.5 Å². The summed E-state index contributed by atoms with van der Waals surface area (Å²) >= 11 is 0. The first-order valence-corrected chi connectivity index (χ1v) is 5.44. The monoisotopic (exact) mass is 271 g/mol. The van der Waals surface area contributed by atoms with Crippen LogP contribution < -0.4 is 12.4 Å². The minimum Gasteiger partial charge on any atom is -1.00 e. The molecule has 0 bridgehead atoms. The fourth-order valence-electron chi connectivity index (χ4n) is 0.427. The zero-order chi connectivity index (χ0) is 10.9. The Bertz CT molecular complexity index is 52.3. The summed E-state index contributed by atoms with van der Waals surface area (Å²) in [5, 5.41) is 7.57. The van der Waals surface area contributed by atoms with Gasteiger partial charge in [-0.3, -0.25) is 0 Å². The number of hydrogen-bond acceptors (Lipinski definition) is 1. The molecule has 0 spiro atoms. The van der Waals surface area contributed by atoms with E-state index in [4.69, 9.17) is 5.11 Å². The van der Waals surface area contributed by atoms with E-state index in [0.717, 1.165) is 12.8 Å². The van der Waals surface area contributed by atoms with Crippen LogP contribution in [0.5, 0.6) is 0 Å². The Hall–Kier alpha value is 1.78. The molecule has 16 heavy (non-hydrogen) atoms. The van der Waals surface area contributed by atoms with Crippen molar-refractivity contribution in [3.63, 3.8) is 0 Å². The first-order chi connectivity index (χ1) is 6.24. The minimum atomic E-state index is 0. The molecule has 0 aliphatic heterocycles. The molecule has 0 fully saturated rings. The van der Waals surface area contributed by atoms with Gasteiger partial charge in [-0.1, -0.05) is 39.5 Å². The average Bonchev–Trinajstić information content (AvgIpc) is 2.16. The van der Waals surface area contributed by atoms with Crippen molar-refractivity contribution >= 4 is 46.1 Å². The van der Waals surface area contributed by atoms with Crippen molar-refractivity contribution in [3.8, 4) is 0 Å². The average molecular weight is 272 g/mol. The van der Waals surface area contributed by atoms with E-state index in [1.807, 2.05) is 0 Å². The molecule has 4 heteroatoms. The molecule has 0 aliphatic rings. The molecule has 0 heterocycles. The number of hydrogen-bond donors (Lipinski definition) is 1. The second-order valence-electron chi connectivity index (χ2n) is 2.73. The Labute approximate surface area is 142 Å². The van der Waals surface area contributed by atoms with Gasteiger partial charge in [0, 0.05) is 6.61 Å². The number of aliphatic hydroxyl groups excluding tert-OH is 1. The van der Waals surface area contributed by atoms with E-state index < -0.39 is 0 Å². The van der Waals surface area contributed by atoms with E-state index >= 15 is 0 Å². The van der Waals surface area contributed by atoms with Crippen LogP contribution in [0.15, 0.2) is 0 Å². The van der Waals surface area contributed by atoms with E-state index in [0.29, 0.717) is 0 Å². The summed E-state index contributed by atoms with van der Waals surface area (Å²) < 4.78 is 0. The summed E-state index contributed by atoms with van der Waals surface area (Å²) in [5.41, 5.74) is 0. The van der Waals surface area contributed by atoms with Gasteiger partial charge in [-0.25, -0.2) is 0 Å². The maximum absolute atomic E-state index is 7.57. The predicted octanol–water partition coefficient (Wildman–Crippen LogP) is 0.262. The number of unbranched alkanes of at least 4 members (excludes halogenated alkanes) is 4. The molecule has 0 aromatic carbocycles. The van der Waals surface area contributed by atoms with Crippen LogP contribution in [-0.2, 0) is 0 Å². The van der Waals surface area contributed by atoms with Gasteiger partial charge < -0.3 is 31.4 Å². The molecule has 0 amide bonds. The van der Waals surface area contributed by atoms with Crippen LogP contribution in [0.1, 0.15) is 59.3 Å². The zero-order valence-electron chi connectivity index (χ0n) is 11.6. The van der Waals surface area contributed by atoms with Gasteiger partial charge >= 0.3 is 46.1 Å². The minimum absolute atomic E-state index is 0. The van der Waals surface area contributed by atoms with Crippen LogP contribution >= 0.6 is 0 Å². The van der Waals surface area contributed by atoms with E-state index in [9.17, 15) is 0 Å². The molecule has 0 aromatic rings. The van der Waals surface area contributed by atoms with E-state index in [1.54, 1.807) is 6.92 Å². The standard InChI is InChI=1S/C6H13.C4H9.C2H6O.ClH.2Mg/c1-3-5-6-4-2;1-3-4-2;1-2-3;;;/h1,3-6H2,2H3;1,3-4H2,2H3;3H,2H2,1H3;1H;;/q2*-1;;;2*+2/p-1. The first-order valence-electron chi connectivity index (χ1n) is 5.44. The SMILES string of the molecule is CCO.[CH2-]CCC.[CH2-]CCCCC.[Cl-].[Mg+2].[Mg+2]. The number of aliphatic hydroxyl groups is 1. The summed E-state index contributed by atoms with van der Waals surface area (Å²) in [6.07, 6.45) is 7.35. The third kappa shape index (κ3) is 103. The molecule has 1 nitrogen and oxygen atoms in total. The van der Waals surface area contributed by atoms with E-state index in [2.05, 4.69) is 27.7 Å². The van der Waals surface area contributed by atoms with Gasteiger partial charge in [-0.2, -0.15) is 12.8 Å². The Kier molecular flexibility index (Phi) is 122. The van der Waals surface area contributed by atoms with Crippen LogP contribution in [0.25, 0.3) is 0 Å². The molecule has 0 aliphatic carbocycles. The van der Waals surface area contributed by atoms with Gasteiger partial charge in [-0.05, 0) is 6.92 Å². The Balaban J connectivity index is -0.0000000226. The van der Waals surface area contributed by atoms with Gasteiger partial charge in [0.15, 0.2) is 0 Å². The van der Waals surface area contributed by atoms with Crippen LogP contribution in [0.4, 0.5) is 0 Å². The van der Waals surface area contributed by atoms with Crippen LogP contribution in [-0.4, -0.2) is 57.8 Å². The van der Waals surface area contributed by atoms with Crippen molar-refractivity contribution in [2.24, 2.45) is 0 Å². The fraction of sp³-hybridized carbons (Fsp3) is 0.833. The van der Waals surface area contributed by atoms with Gasteiger partial charge in [0.05, 0.1) is 0 Å². The van der Waals surface area contributed by atoms with Crippen molar-refractivity contribution in [3.05, 3.63) is 13.8 Å². The molecule has 0 rings (SSSR count). The van der Waals surface area contributed by atoms with Crippen molar-refractivity contribution in [2.45, 2.75) is 59.3 Å². The Morgan fingerprint density at radius 3 is 1.19 bits per heavy atom. The number of rotatable bonds is 4. The molecule has 1 N–H and O–H groups in total. The summed E-state index contributed by atoms with van der Waals surface area (Å²) in [6.45, 7) is 13.6. The van der Waals surface area contributed by atoms with Gasteiger partial charge in [0.1, 0.15) is 0 Å². The fourth-order valence-corrected chi connectivity index (χ4v) is 0.427. The molecule has 0 radical (unpaired) electrons. The molecule has 92 valence electrons. The van der Waals surface area contributed by atoms with Crippen molar-refractivity contribution in [2.75, 3.05) is 6.61 Å².